The molecule has 0 saturated carbocycles. The minimum atomic E-state index is -0.144. The van der Waals surface area contributed by atoms with Crippen molar-refractivity contribution in [3.63, 3.8) is 0 Å². The molecule has 0 fully saturated rings. The molecule has 1 aliphatic carbocycles. The number of rotatable bonds is 1. The van der Waals surface area contributed by atoms with Crippen molar-refractivity contribution >= 4 is 6.03 Å². The fourth-order valence-corrected chi connectivity index (χ4v) is 2.46. The fraction of sp³-hybridized carbons (Fsp3) is 0.417. The molecular weight excluding hydrogens is 230 g/mol. The van der Waals surface area contributed by atoms with Crippen molar-refractivity contribution in [1.82, 2.24) is 24.6 Å². The Labute approximate surface area is 105 Å². The molecular formula is C12H15N5O. The molecule has 0 saturated heterocycles. The summed E-state index contributed by atoms with van der Waals surface area (Å²) < 4.78 is 3.34. The molecule has 0 aromatic carbocycles. The number of fused-ring (bicyclic) bond motifs is 1. The van der Waals surface area contributed by atoms with Crippen molar-refractivity contribution in [1.29, 1.82) is 0 Å². The Morgan fingerprint density at radius 1 is 1.56 bits per heavy atom. The van der Waals surface area contributed by atoms with E-state index in [9.17, 15) is 4.79 Å². The second-order valence-corrected chi connectivity index (χ2v) is 4.53. The zero-order chi connectivity index (χ0) is 12.5. The highest BCUT2D eigenvalue weighted by atomic mass is 16.2. The van der Waals surface area contributed by atoms with E-state index in [1.165, 1.54) is 16.6 Å². The van der Waals surface area contributed by atoms with Gasteiger partial charge in [0, 0.05) is 30.7 Å². The Kier molecular flexibility index (Phi) is 2.62. The van der Waals surface area contributed by atoms with Gasteiger partial charge in [-0.15, -0.1) is 0 Å². The normalized spacial score (nSPS) is 18.4. The van der Waals surface area contributed by atoms with Gasteiger partial charge in [-0.25, -0.2) is 9.78 Å². The van der Waals surface area contributed by atoms with E-state index >= 15 is 0 Å². The predicted molar refractivity (Wildman–Crippen MR) is 65.0 cm³/mol. The second kappa shape index (κ2) is 4.29. The number of aromatic nitrogens is 4. The number of hydrogen-bond donors (Lipinski definition) is 1. The molecule has 1 atom stereocenters. The van der Waals surface area contributed by atoms with Gasteiger partial charge in [0.05, 0.1) is 12.2 Å². The highest BCUT2D eigenvalue weighted by Crippen LogP contribution is 2.29. The zero-order valence-electron chi connectivity index (χ0n) is 10.2. The Morgan fingerprint density at radius 2 is 2.44 bits per heavy atom. The van der Waals surface area contributed by atoms with Crippen molar-refractivity contribution in [3.8, 4) is 0 Å². The lowest BCUT2D eigenvalue weighted by molar-refractivity contribution is 0.237. The lowest BCUT2D eigenvalue weighted by Crippen LogP contribution is -2.33. The summed E-state index contributed by atoms with van der Waals surface area (Å²) in [6.45, 7) is 0. The van der Waals surface area contributed by atoms with Crippen molar-refractivity contribution in [2.45, 2.75) is 25.3 Å². The van der Waals surface area contributed by atoms with Crippen molar-refractivity contribution in [3.05, 3.63) is 36.2 Å². The minimum Gasteiger partial charge on any atom is -0.330 e. The van der Waals surface area contributed by atoms with Crippen molar-refractivity contribution in [2.24, 2.45) is 7.05 Å². The number of carbonyl (C=O) groups is 1. The van der Waals surface area contributed by atoms with Crippen LogP contribution in [0.2, 0.25) is 0 Å². The quantitative estimate of drug-likeness (QED) is 0.822. The number of imidazole rings is 1. The minimum absolute atomic E-state index is 0.0531. The molecule has 2 aromatic rings. The lowest BCUT2D eigenvalue weighted by Gasteiger charge is -2.23. The van der Waals surface area contributed by atoms with Gasteiger partial charge in [0.15, 0.2) is 0 Å². The van der Waals surface area contributed by atoms with Gasteiger partial charge in [0.25, 0.3) is 0 Å². The molecule has 3 rings (SSSR count). The van der Waals surface area contributed by atoms with E-state index < -0.39 is 0 Å². The summed E-state index contributed by atoms with van der Waals surface area (Å²) in [5.41, 5.74) is 2.36. The van der Waals surface area contributed by atoms with Crippen LogP contribution in [0.5, 0.6) is 0 Å². The highest BCUT2D eigenvalue weighted by Gasteiger charge is 2.24. The summed E-state index contributed by atoms with van der Waals surface area (Å²) in [5, 5.41) is 7.29. The molecule has 1 aliphatic rings. The van der Waals surface area contributed by atoms with Crippen LogP contribution < -0.4 is 5.32 Å². The van der Waals surface area contributed by atoms with Crippen LogP contribution in [-0.4, -0.2) is 25.4 Å². The molecule has 2 heterocycles. The number of nitrogens with zero attached hydrogens (tertiary/aromatic N) is 4. The lowest BCUT2D eigenvalue weighted by atomic mass is 9.93. The van der Waals surface area contributed by atoms with Gasteiger partial charge < -0.3 is 5.32 Å². The first-order chi connectivity index (χ1) is 8.75. The molecule has 6 heteroatoms. The number of carbonyl (C=O) groups excluding carboxylic acids is 1. The molecule has 2 aromatic heterocycles. The maximum Gasteiger partial charge on any atom is 0.327 e. The summed E-state index contributed by atoms with van der Waals surface area (Å²) in [7, 11) is 1.94. The summed E-state index contributed by atoms with van der Waals surface area (Å²) in [4.78, 5) is 15.8. The van der Waals surface area contributed by atoms with Gasteiger partial charge in [0.1, 0.15) is 6.33 Å². The van der Waals surface area contributed by atoms with Crippen LogP contribution >= 0.6 is 0 Å². The maximum absolute atomic E-state index is 12.0. The van der Waals surface area contributed by atoms with Gasteiger partial charge in [-0.2, -0.15) is 5.10 Å². The number of amides is 1. The SMILES string of the molecule is Cn1ncc2c1CCCC2NC(=O)n1ccnc1. The average Bonchev–Trinajstić information content (AvgIpc) is 3.00. The van der Waals surface area contributed by atoms with Crippen LogP contribution in [0.3, 0.4) is 0 Å². The van der Waals surface area contributed by atoms with Crippen LogP contribution in [0.15, 0.2) is 24.9 Å². The Morgan fingerprint density at radius 3 is 3.22 bits per heavy atom. The molecule has 0 aliphatic heterocycles. The van der Waals surface area contributed by atoms with E-state index in [1.807, 2.05) is 17.9 Å². The van der Waals surface area contributed by atoms with E-state index in [1.54, 1.807) is 12.4 Å². The van der Waals surface area contributed by atoms with Gasteiger partial charge in [-0.1, -0.05) is 0 Å². The largest absolute Gasteiger partial charge is 0.330 e. The van der Waals surface area contributed by atoms with Crippen LogP contribution in [0.4, 0.5) is 4.79 Å². The second-order valence-electron chi connectivity index (χ2n) is 4.53. The van der Waals surface area contributed by atoms with Crippen LogP contribution in [-0.2, 0) is 13.5 Å². The zero-order valence-corrected chi connectivity index (χ0v) is 10.2. The van der Waals surface area contributed by atoms with E-state index in [4.69, 9.17) is 0 Å². The summed E-state index contributed by atoms with van der Waals surface area (Å²) >= 11 is 0. The van der Waals surface area contributed by atoms with Gasteiger partial charge in [-0.3, -0.25) is 9.25 Å². The van der Waals surface area contributed by atoms with E-state index in [-0.39, 0.29) is 12.1 Å². The molecule has 0 radical (unpaired) electrons. The van der Waals surface area contributed by atoms with Gasteiger partial charge in [-0.05, 0) is 19.3 Å². The molecule has 0 bridgehead atoms. The molecule has 18 heavy (non-hydrogen) atoms. The summed E-state index contributed by atoms with van der Waals surface area (Å²) in [6, 6.07) is -0.0912. The third-order valence-electron chi connectivity index (χ3n) is 3.41. The smallest absolute Gasteiger partial charge is 0.327 e. The first-order valence-electron chi connectivity index (χ1n) is 6.05. The van der Waals surface area contributed by atoms with Crippen molar-refractivity contribution < 1.29 is 4.79 Å². The topological polar surface area (TPSA) is 64.7 Å². The Balaban J connectivity index is 1.80. The Hall–Kier alpha value is -2.11. The standard InChI is InChI=1S/C12H15N5O/c1-16-11-4-2-3-10(9(11)7-14-16)15-12(18)17-6-5-13-8-17/h5-8,10H,2-4H2,1H3,(H,15,18). The molecule has 6 nitrogen and oxygen atoms in total. The van der Waals surface area contributed by atoms with E-state index in [0.717, 1.165) is 24.8 Å². The first-order valence-corrected chi connectivity index (χ1v) is 6.05. The average molecular weight is 245 g/mol. The molecule has 1 amide bonds. The predicted octanol–water partition coefficient (Wildman–Crippen LogP) is 1.25. The van der Waals surface area contributed by atoms with Crippen LogP contribution in [0.1, 0.15) is 30.1 Å². The van der Waals surface area contributed by atoms with Gasteiger partial charge in [0.2, 0.25) is 0 Å². The number of nitrogens with one attached hydrogen (secondary N) is 1. The van der Waals surface area contributed by atoms with Crippen molar-refractivity contribution in [2.75, 3.05) is 0 Å². The fourth-order valence-electron chi connectivity index (χ4n) is 2.46. The van der Waals surface area contributed by atoms with Gasteiger partial charge >= 0.3 is 6.03 Å². The number of hydrogen-bond acceptors (Lipinski definition) is 3. The summed E-state index contributed by atoms with van der Waals surface area (Å²) in [6.07, 6.45) is 9.65. The summed E-state index contributed by atoms with van der Waals surface area (Å²) in [5.74, 6) is 0. The molecule has 1 N–H and O–H groups in total. The van der Waals surface area contributed by atoms with Crippen LogP contribution in [0, 0.1) is 0 Å². The number of aryl methyl sites for hydroxylation is 1. The third-order valence-corrected chi connectivity index (χ3v) is 3.41. The third kappa shape index (κ3) is 1.79. The van der Waals surface area contributed by atoms with Crippen LogP contribution in [0.25, 0.3) is 0 Å². The molecule has 1 unspecified atom stereocenters. The Bertz CT molecular complexity index is 557. The monoisotopic (exact) mass is 245 g/mol. The van der Waals surface area contributed by atoms with E-state index in [0.29, 0.717) is 0 Å². The maximum atomic E-state index is 12.0. The molecule has 0 spiro atoms. The first kappa shape index (κ1) is 11.0. The highest BCUT2D eigenvalue weighted by molar-refractivity contribution is 5.76. The molecule has 94 valence electrons. The van der Waals surface area contributed by atoms with E-state index in [2.05, 4.69) is 15.4 Å².